The van der Waals surface area contributed by atoms with Gasteiger partial charge in [-0.3, -0.25) is 0 Å². The maximum Gasteiger partial charge on any atom is 0.00401 e. The highest BCUT2D eigenvalue weighted by molar-refractivity contribution is 7.80. The minimum atomic E-state index is 0. The van der Waals surface area contributed by atoms with Crippen LogP contribution in [0.2, 0.25) is 0 Å². The Morgan fingerprint density at radius 1 is 1.17 bits per heavy atom. The summed E-state index contributed by atoms with van der Waals surface area (Å²) in [7, 11) is 0. The molecule has 0 aliphatic rings. The third-order valence-electron chi connectivity index (χ3n) is 1.58. The average molecular weight is 182 g/mol. The van der Waals surface area contributed by atoms with Gasteiger partial charge >= 0.3 is 0 Å². The molecule has 0 amide bonds. The van der Waals surface area contributed by atoms with Gasteiger partial charge in [-0.25, -0.2) is 0 Å². The first-order valence-corrected chi connectivity index (χ1v) is 4.41. The first kappa shape index (κ1) is 11.6. The van der Waals surface area contributed by atoms with Crippen molar-refractivity contribution >= 4 is 12.6 Å². The first-order valence-electron chi connectivity index (χ1n) is 3.96. The summed E-state index contributed by atoms with van der Waals surface area (Å²) in [6, 6.07) is 8.37. The van der Waals surface area contributed by atoms with Gasteiger partial charge in [-0.1, -0.05) is 33.4 Å². The van der Waals surface area contributed by atoms with Crippen LogP contribution in [0.3, 0.4) is 0 Å². The van der Waals surface area contributed by atoms with E-state index in [9.17, 15) is 0 Å². The highest BCUT2D eigenvalue weighted by atomic mass is 32.1. The molecule has 0 saturated heterocycles. The van der Waals surface area contributed by atoms with E-state index >= 15 is 0 Å². The van der Waals surface area contributed by atoms with Crippen LogP contribution in [0.5, 0.6) is 0 Å². The molecule has 0 spiro atoms. The van der Waals surface area contributed by atoms with Crippen LogP contribution in [0, 0.1) is 5.92 Å². The van der Waals surface area contributed by atoms with Crippen molar-refractivity contribution < 1.29 is 0 Å². The van der Waals surface area contributed by atoms with Crippen molar-refractivity contribution in [1.29, 1.82) is 0 Å². The highest BCUT2D eigenvalue weighted by Crippen LogP contribution is 2.11. The van der Waals surface area contributed by atoms with Crippen molar-refractivity contribution in [2.75, 3.05) is 0 Å². The van der Waals surface area contributed by atoms with Crippen LogP contribution in [0.1, 0.15) is 26.8 Å². The minimum Gasteiger partial charge on any atom is -0.143 e. The summed E-state index contributed by atoms with van der Waals surface area (Å²) in [5, 5.41) is 0. The molecule has 0 atom stereocenters. The standard InChI is InChI=1S/C10H14S.CH4/c1-8(2)7-9-3-5-10(11)6-4-9;/h3-6,8,11H,7H2,1-2H3;1H4. The monoisotopic (exact) mass is 182 g/mol. The van der Waals surface area contributed by atoms with Crippen LogP contribution in [-0.2, 0) is 6.42 Å². The number of benzene rings is 1. The number of hydrogen-bond donors (Lipinski definition) is 1. The summed E-state index contributed by atoms with van der Waals surface area (Å²) in [6.45, 7) is 4.46. The van der Waals surface area contributed by atoms with Gasteiger partial charge < -0.3 is 0 Å². The lowest BCUT2D eigenvalue weighted by Crippen LogP contribution is -1.92. The Morgan fingerprint density at radius 2 is 1.67 bits per heavy atom. The topological polar surface area (TPSA) is 0 Å². The van der Waals surface area contributed by atoms with Gasteiger partial charge in [-0.05, 0) is 30.0 Å². The Balaban J connectivity index is 0.00000121. The van der Waals surface area contributed by atoms with Crippen molar-refractivity contribution in [3.63, 3.8) is 0 Å². The zero-order valence-corrected chi connectivity index (χ0v) is 7.94. The maximum atomic E-state index is 4.22. The van der Waals surface area contributed by atoms with Crippen molar-refractivity contribution in [2.45, 2.75) is 32.6 Å². The van der Waals surface area contributed by atoms with Gasteiger partial charge in [-0.15, -0.1) is 12.6 Å². The summed E-state index contributed by atoms with van der Waals surface area (Å²) in [4.78, 5) is 1.04. The van der Waals surface area contributed by atoms with E-state index in [0.717, 1.165) is 17.2 Å². The molecule has 1 aromatic carbocycles. The van der Waals surface area contributed by atoms with E-state index in [4.69, 9.17) is 0 Å². The molecular formula is C11H18S. The summed E-state index contributed by atoms with van der Waals surface area (Å²) < 4.78 is 0. The Hall–Kier alpha value is -0.430. The van der Waals surface area contributed by atoms with Gasteiger partial charge in [0.15, 0.2) is 0 Å². The Kier molecular flexibility index (Phi) is 5.07. The van der Waals surface area contributed by atoms with E-state index in [1.54, 1.807) is 0 Å². The first-order chi connectivity index (χ1) is 5.18. The van der Waals surface area contributed by atoms with Crippen molar-refractivity contribution in [2.24, 2.45) is 5.92 Å². The Morgan fingerprint density at radius 3 is 2.08 bits per heavy atom. The molecular weight excluding hydrogens is 164 g/mol. The molecule has 0 aliphatic heterocycles. The lowest BCUT2D eigenvalue weighted by Gasteiger charge is -2.03. The van der Waals surface area contributed by atoms with Crippen molar-refractivity contribution in [1.82, 2.24) is 0 Å². The second-order valence-electron chi connectivity index (χ2n) is 3.26. The van der Waals surface area contributed by atoms with Crippen LogP contribution in [0.4, 0.5) is 0 Å². The van der Waals surface area contributed by atoms with Gasteiger partial charge in [0, 0.05) is 4.90 Å². The van der Waals surface area contributed by atoms with E-state index in [0.29, 0.717) is 0 Å². The smallest absolute Gasteiger partial charge is 0.00401 e. The summed E-state index contributed by atoms with van der Waals surface area (Å²) >= 11 is 4.22. The molecule has 0 heterocycles. The third kappa shape index (κ3) is 3.82. The molecule has 1 rings (SSSR count). The van der Waals surface area contributed by atoms with Gasteiger partial charge in [0.05, 0.1) is 0 Å². The fraction of sp³-hybridized carbons (Fsp3) is 0.455. The van der Waals surface area contributed by atoms with E-state index in [1.807, 2.05) is 12.1 Å². The maximum absolute atomic E-state index is 4.22. The van der Waals surface area contributed by atoms with Gasteiger partial charge in [0.25, 0.3) is 0 Å². The second kappa shape index (κ2) is 5.26. The zero-order valence-electron chi connectivity index (χ0n) is 7.04. The molecule has 12 heavy (non-hydrogen) atoms. The lowest BCUT2D eigenvalue weighted by atomic mass is 10.0. The van der Waals surface area contributed by atoms with E-state index < -0.39 is 0 Å². The third-order valence-corrected chi connectivity index (χ3v) is 1.88. The van der Waals surface area contributed by atoms with Crippen molar-refractivity contribution in [3.05, 3.63) is 29.8 Å². The highest BCUT2D eigenvalue weighted by Gasteiger charge is 1.95. The molecule has 1 aromatic rings. The number of rotatable bonds is 2. The number of hydrogen-bond acceptors (Lipinski definition) is 1. The zero-order chi connectivity index (χ0) is 8.27. The predicted octanol–water partition coefficient (Wildman–Crippen LogP) is 3.81. The largest absolute Gasteiger partial charge is 0.143 e. The molecule has 0 nitrogen and oxygen atoms in total. The molecule has 68 valence electrons. The molecule has 0 aliphatic carbocycles. The normalized spacial score (nSPS) is 9.67. The molecule has 0 aromatic heterocycles. The van der Waals surface area contributed by atoms with Gasteiger partial charge in [-0.2, -0.15) is 0 Å². The Labute approximate surface area is 81.4 Å². The predicted molar refractivity (Wildman–Crippen MR) is 59.0 cm³/mol. The Bertz CT molecular complexity index is 211. The SMILES string of the molecule is C.CC(C)Cc1ccc(S)cc1. The molecule has 0 unspecified atom stereocenters. The van der Waals surface area contributed by atoms with E-state index in [1.165, 1.54) is 5.56 Å². The molecule has 1 heteroatoms. The average Bonchev–Trinajstić information content (AvgIpc) is 1.93. The van der Waals surface area contributed by atoms with Gasteiger partial charge in [0.2, 0.25) is 0 Å². The van der Waals surface area contributed by atoms with Crippen LogP contribution < -0.4 is 0 Å². The fourth-order valence-corrected chi connectivity index (χ4v) is 1.25. The van der Waals surface area contributed by atoms with E-state index in [-0.39, 0.29) is 7.43 Å². The van der Waals surface area contributed by atoms with Crippen LogP contribution in [0.25, 0.3) is 0 Å². The fourth-order valence-electron chi connectivity index (χ4n) is 1.10. The quantitative estimate of drug-likeness (QED) is 0.661. The van der Waals surface area contributed by atoms with Gasteiger partial charge in [0.1, 0.15) is 0 Å². The molecule has 0 saturated carbocycles. The summed E-state index contributed by atoms with van der Waals surface area (Å²) in [5.41, 5.74) is 1.40. The second-order valence-corrected chi connectivity index (χ2v) is 3.78. The minimum absolute atomic E-state index is 0. The molecule has 0 radical (unpaired) electrons. The van der Waals surface area contributed by atoms with Crippen LogP contribution in [0.15, 0.2) is 29.2 Å². The molecule has 0 N–H and O–H groups in total. The number of thiol groups is 1. The van der Waals surface area contributed by atoms with E-state index in [2.05, 4.69) is 38.6 Å². The summed E-state index contributed by atoms with van der Waals surface area (Å²) in [5.74, 6) is 0.737. The van der Waals surface area contributed by atoms with Crippen molar-refractivity contribution in [3.8, 4) is 0 Å². The van der Waals surface area contributed by atoms with Crippen LogP contribution >= 0.6 is 12.6 Å². The molecule has 0 fully saturated rings. The lowest BCUT2D eigenvalue weighted by molar-refractivity contribution is 0.647. The van der Waals surface area contributed by atoms with Crippen LogP contribution in [-0.4, -0.2) is 0 Å². The molecule has 0 bridgehead atoms. The summed E-state index contributed by atoms with van der Waals surface area (Å²) in [6.07, 6.45) is 1.16.